The Morgan fingerprint density at radius 3 is 2.80 bits per heavy atom. The quantitative estimate of drug-likeness (QED) is 0.930. The third-order valence-electron chi connectivity index (χ3n) is 3.93. The highest BCUT2D eigenvalue weighted by Gasteiger charge is 2.26. The van der Waals surface area contributed by atoms with Crippen LogP contribution in [0.5, 0.6) is 0 Å². The SMILES string of the molecule is Cc1noc(-c2ccccc2NC2CC(C)N(C)C2)n1. The summed E-state index contributed by atoms with van der Waals surface area (Å²) in [6.07, 6.45) is 1.15. The molecule has 2 unspecified atom stereocenters. The third kappa shape index (κ3) is 2.54. The van der Waals surface area contributed by atoms with Crippen molar-refractivity contribution in [1.82, 2.24) is 15.0 Å². The fourth-order valence-corrected chi connectivity index (χ4v) is 2.72. The summed E-state index contributed by atoms with van der Waals surface area (Å²) >= 11 is 0. The zero-order valence-corrected chi connectivity index (χ0v) is 12.1. The molecule has 0 amide bonds. The average molecular weight is 272 g/mol. The van der Waals surface area contributed by atoms with Gasteiger partial charge in [0.05, 0.1) is 5.56 Å². The van der Waals surface area contributed by atoms with Gasteiger partial charge in [-0.15, -0.1) is 0 Å². The molecule has 0 saturated carbocycles. The molecule has 2 aromatic rings. The molecule has 1 aromatic heterocycles. The van der Waals surface area contributed by atoms with Crippen LogP contribution >= 0.6 is 0 Å². The first kappa shape index (κ1) is 13.1. The van der Waals surface area contributed by atoms with E-state index in [1.807, 2.05) is 25.1 Å². The van der Waals surface area contributed by atoms with Crippen molar-refractivity contribution >= 4 is 5.69 Å². The van der Waals surface area contributed by atoms with Gasteiger partial charge in [0.1, 0.15) is 0 Å². The van der Waals surface area contributed by atoms with Crippen LogP contribution in [-0.4, -0.2) is 40.7 Å². The van der Waals surface area contributed by atoms with E-state index in [0.717, 1.165) is 24.2 Å². The molecule has 1 aromatic carbocycles. The van der Waals surface area contributed by atoms with Crippen LogP contribution in [-0.2, 0) is 0 Å². The van der Waals surface area contributed by atoms with Crippen molar-refractivity contribution in [3.05, 3.63) is 30.1 Å². The number of aryl methyl sites for hydroxylation is 1. The van der Waals surface area contributed by atoms with E-state index in [9.17, 15) is 0 Å². The Labute approximate surface area is 119 Å². The first-order valence-electron chi connectivity index (χ1n) is 7.00. The van der Waals surface area contributed by atoms with Gasteiger partial charge in [0, 0.05) is 24.3 Å². The summed E-state index contributed by atoms with van der Waals surface area (Å²) in [5, 5.41) is 7.48. The molecule has 0 radical (unpaired) electrons. The first-order chi connectivity index (χ1) is 9.63. The highest BCUT2D eigenvalue weighted by molar-refractivity contribution is 5.72. The van der Waals surface area contributed by atoms with Crippen molar-refractivity contribution in [1.29, 1.82) is 0 Å². The van der Waals surface area contributed by atoms with E-state index in [4.69, 9.17) is 4.52 Å². The van der Waals surface area contributed by atoms with Crippen LogP contribution in [0.15, 0.2) is 28.8 Å². The number of para-hydroxylation sites is 1. The van der Waals surface area contributed by atoms with Gasteiger partial charge in [-0.25, -0.2) is 0 Å². The Hall–Kier alpha value is -1.88. The topological polar surface area (TPSA) is 54.2 Å². The van der Waals surface area contributed by atoms with Crippen LogP contribution in [0.4, 0.5) is 5.69 Å². The van der Waals surface area contributed by atoms with E-state index < -0.39 is 0 Å². The highest BCUT2D eigenvalue weighted by atomic mass is 16.5. The molecule has 106 valence electrons. The summed E-state index contributed by atoms with van der Waals surface area (Å²) < 4.78 is 5.29. The molecule has 1 saturated heterocycles. The van der Waals surface area contributed by atoms with Gasteiger partial charge in [-0.3, -0.25) is 0 Å². The Morgan fingerprint density at radius 2 is 2.15 bits per heavy atom. The van der Waals surface area contributed by atoms with Crippen LogP contribution in [0.25, 0.3) is 11.5 Å². The molecule has 3 rings (SSSR count). The monoisotopic (exact) mass is 272 g/mol. The molecule has 0 bridgehead atoms. The number of aromatic nitrogens is 2. The summed E-state index contributed by atoms with van der Waals surface area (Å²) in [4.78, 5) is 6.69. The number of anilines is 1. The van der Waals surface area contributed by atoms with E-state index in [1.165, 1.54) is 0 Å². The number of likely N-dealkylation sites (N-methyl/N-ethyl adjacent to an activating group) is 1. The van der Waals surface area contributed by atoms with E-state index in [1.54, 1.807) is 0 Å². The largest absolute Gasteiger partial charge is 0.380 e. The van der Waals surface area contributed by atoms with Gasteiger partial charge >= 0.3 is 0 Å². The molecule has 20 heavy (non-hydrogen) atoms. The maximum Gasteiger partial charge on any atom is 0.260 e. The Balaban J connectivity index is 1.84. The van der Waals surface area contributed by atoms with Gasteiger partial charge < -0.3 is 14.7 Å². The normalized spacial score (nSPS) is 23.1. The summed E-state index contributed by atoms with van der Waals surface area (Å²) in [6, 6.07) is 9.17. The van der Waals surface area contributed by atoms with Crippen LogP contribution in [0.2, 0.25) is 0 Å². The van der Waals surface area contributed by atoms with Crippen molar-refractivity contribution in [2.45, 2.75) is 32.4 Å². The second-order valence-corrected chi connectivity index (χ2v) is 5.56. The van der Waals surface area contributed by atoms with Gasteiger partial charge in [-0.1, -0.05) is 17.3 Å². The predicted molar refractivity (Wildman–Crippen MR) is 78.6 cm³/mol. The van der Waals surface area contributed by atoms with Crippen molar-refractivity contribution in [3.63, 3.8) is 0 Å². The summed E-state index contributed by atoms with van der Waals surface area (Å²) in [6.45, 7) is 5.14. The molecule has 2 heterocycles. The maximum absolute atomic E-state index is 5.29. The fourth-order valence-electron chi connectivity index (χ4n) is 2.72. The summed E-state index contributed by atoms with van der Waals surface area (Å²) in [5.74, 6) is 1.23. The zero-order valence-electron chi connectivity index (χ0n) is 12.1. The molecule has 0 spiro atoms. The van der Waals surface area contributed by atoms with Gasteiger partial charge in [0.15, 0.2) is 5.82 Å². The number of nitrogens with zero attached hydrogens (tertiary/aromatic N) is 3. The standard InChI is InChI=1S/C15H20N4O/c1-10-8-12(9-19(10)3)17-14-7-5-4-6-13(14)15-16-11(2)18-20-15/h4-7,10,12,17H,8-9H2,1-3H3. The molecule has 1 N–H and O–H groups in total. The van der Waals surface area contributed by atoms with E-state index >= 15 is 0 Å². The molecule has 0 aliphatic carbocycles. The maximum atomic E-state index is 5.29. The first-order valence-corrected chi connectivity index (χ1v) is 7.00. The number of hydrogen-bond donors (Lipinski definition) is 1. The lowest BCUT2D eigenvalue weighted by Crippen LogP contribution is -2.25. The molecule has 1 fully saturated rings. The average Bonchev–Trinajstić information content (AvgIpc) is 2.97. The third-order valence-corrected chi connectivity index (χ3v) is 3.93. The zero-order chi connectivity index (χ0) is 14.1. The van der Waals surface area contributed by atoms with Gasteiger partial charge in [-0.2, -0.15) is 4.98 Å². The lowest BCUT2D eigenvalue weighted by Gasteiger charge is -2.16. The molecular formula is C15H20N4O. The molecule has 5 nitrogen and oxygen atoms in total. The van der Waals surface area contributed by atoms with Gasteiger partial charge in [-0.05, 0) is 39.4 Å². The summed E-state index contributed by atoms with van der Waals surface area (Å²) in [5.41, 5.74) is 2.03. The summed E-state index contributed by atoms with van der Waals surface area (Å²) in [7, 11) is 2.17. The molecule has 2 atom stereocenters. The van der Waals surface area contributed by atoms with Crippen LogP contribution in [0.1, 0.15) is 19.2 Å². The molecule has 1 aliphatic heterocycles. The lowest BCUT2D eigenvalue weighted by molar-refractivity contribution is 0.330. The van der Waals surface area contributed by atoms with Crippen LogP contribution in [0.3, 0.4) is 0 Å². The molecular weight excluding hydrogens is 252 g/mol. The highest BCUT2D eigenvalue weighted by Crippen LogP contribution is 2.28. The minimum atomic E-state index is 0.458. The Morgan fingerprint density at radius 1 is 1.35 bits per heavy atom. The second-order valence-electron chi connectivity index (χ2n) is 5.56. The number of benzene rings is 1. The van der Waals surface area contributed by atoms with E-state index in [0.29, 0.717) is 23.8 Å². The second kappa shape index (κ2) is 5.25. The van der Waals surface area contributed by atoms with Crippen molar-refractivity contribution in [2.24, 2.45) is 0 Å². The molecule has 5 heteroatoms. The fraction of sp³-hybridized carbons (Fsp3) is 0.467. The number of rotatable bonds is 3. The Bertz CT molecular complexity index is 585. The minimum Gasteiger partial charge on any atom is -0.380 e. The minimum absolute atomic E-state index is 0.458. The number of nitrogens with one attached hydrogen (secondary N) is 1. The Kier molecular flexibility index (Phi) is 3.44. The van der Waals surface area contributed by atoms with Crippen LogP contribution < -0.4 is 5.32 Å². The van der Waals surface area contributed by atoms with Crippen molar-refractivity contribution in [2.75, 3.05) is 18.9 Å². The lowest BCUT2D eigenvalue weighted by atomic mass is 10.1. The van der Waals surface area contributed by atoms with Crippen molar-refractivity contribution in [3.8, 4) is 11.5 Å². The van der Waals surface area contributed by atoms with Crippen molar-refractivity contribution < 1.29 is 4.52 Å². The molecule has 1 aliphatic rings. The number of likely N-dealkylation sites (tertiary alicyclic amines) is 1. The number of hydrogen-bond acceptors (Lipinski definition) is 5. The van der Waals surface area contributed by atoms with Gasteiger partial charge in [0.25, 0.3) is 5.89 Å². The predicted octanol–water partition coefficient (Wildman–Crippen LogP) is 2.55. The smallest absolute Gasteiger partial charge is 0.260 e. The van der Waals surface area contributed by atoms with E-state index in [-0.39, 0.29) is 0 Å². The van der Waals surface area contributed by atoms with Gasteiger partial charge in [0.2, 0.25) is 0 Å². The van der Waals surface area contributed by atoms with E-state index in [2.05, 4.69) is 40.4 Å². The van der Waals surface area contributed by atoms with Crippen LogP contribution in [0, 0.1) is 6.92 Å².